The zero-order chi connectivity index (χ0) is 26.0. The van der Waals surface area contributed by atoms with Gasteiger partial charge in [-0.1, -0.05) is 59.8 Å². The molecule has 0 spiro atoms. The van der Waals surface area contributed by atoms with Crippen LogP contribution in [-0.2, 0) is 30.4 Å². The van der Waals surface area contributed by atoms with E-state index in [1.165, 1.54) is 7.11 Å². The minimum absolute atomic E-state index is 0.177. The summed E-state index contributed by atoms with van der Waals surface area (Å²) in [5.41, 5.74) is 3.16. The predicted molar refractivity (Wildman–Crippen MR) is 133 cm³/mol. The van der Waals surface area contributed by atoms with Gasteiger partial charge in [-0.25, -0.2) is 9.59 Å². The Balaban J connectivity index is 1.30. The number of rotatable bonds is 11. The number of carbonyl (C=O) groups excluding carboxylic acids is 2. The van der Waals surface area contributed by atoms with Crippen molar-refractivity contribution in [1.29, 1.82) is 0 Å². The predicted octanol–water partition coefficient (Wildman–Crippen LogP) is 4.83. The van der Waals surface area contributed by atoms with Crippen LogP contribution in [0.2, 0.25) is 0 Å². The summed E-state index contributed by atoms with van der Waals surface area (Å²) in [6, 6.07) is 24.2. The summed E-state index contributed by atoms with van der Waals surface area (Å²) < 4.78 is 26.8. The van der Waals surface area contributed by atoms with Gasteiger partial charge in [0, 0.05) is 5.56 Å². The highest BCUT2D eigenvalue weighted by Gasteiger charge is 2.43. The Morgan fingerprint density at radius 2 is 1.57 bits per heavy atom. The molecule has 3 aromatic carbocycles. The molecule has 0 amide bonds. The molecule has 3 aromatic rings. The van der Waals surface area contributed by atoms with Gasteiger partial charge < -0.3 is 28.5 Å². The van der Waals surface area contributed by atoms with Crippen LogP contribution in [0.15, 0.2) is 84.0 Å². The van der Waals surface area contributed by atoms with Gasteiger partial charge in [-0.05, 0) is 42.3 Å². The second-order valence-corrected chi connectivity index (χ2v) is 7.96. The van der Waals surface area contributed by atoms with Crippen molar-refractivity contribution >= 4 is 17.8 Å². The van der Waals surface area contributed by atoms with Gasteiger partial charge in [0.1, 0.15) is 37.5 Å². The maximum absolute atomic E-state index is 12.1. The lowest BCUT2D eigenvalue weighted by atomic mass is 10.0. The van der Waals surface area contributed by atoms with Crippen molar-refractivity contribution in [3.63, 3.8) is 0 Å². The molecular weight excluding hydrogens is 478 g/mol. The van der Waals surface area contributed by atoms with Gasteiger partial charge >= 0.3 is 12.1 Å². The zero-order valence-electron chi connectivity index (χ0n) is 20.5. The SMILES string of the molecule is CCOC(=O)C1OC(=O)OC1c1ccc(OCc2ccc(OC/C(=N/OC)c3ccccc3)cc2)cc1. The Morgan fingerprint density at radius 3 is 2.24 bits per heavy atom. The highest BCUT2D eigenvalue weighted by molar-refractivity contribution is 6.01. The van der Waals surface area contributed by atoms with Gasteiger partial charge in [0.15, 0.2) is 6.10 Å². The normalized spacial score (nSPS) is 16.9. The van der Waals surface area contributed by atoms with Gasteiger partial charge in [-0.3, -0.25) is 0 Å². The molecule has 1 aliphatic rings. The quantitative estimate of drug-likeness (QED) is 0.207. The van der Waals surface area contributed by atoms with Gasteiger partial charge in [-0.2, -0.15) is 0 Å². The molecular formula is C28H27NO8. The summed E-state index contributed by atoms with van der Waals surface area (Å²) in [6.07, 6.45) is -2.91. The number of cyclic esters (lactones) is 2. The maximum Gasteiger partial charge on any atom is 0.510 e. The van der Waals surface area contributed by atoms with E-state index in [-0.39, 0.29) is 13.2 Å². The third kappa shape index (κ3) is 6.78. The summed E-state index contributed by atoms with van der Waals surface area (Å²) in [7, 11) is 1.50. The molecule has 0 radical (unpaired) electrons. The van der Waals surface area contributed by atoms with E-state index in [0.717, 1.165) is 11.1 Å². The van der Waals surface area contributed by atoms with E-state index in [2.05, 4.69) is 5.16 Å². The molecule has 0 N–H and O–H groups in total. The first-order chi connectivity index (χ1) is 18.1. The number of carbonyl (C=O) groups is 2. The second-order valence-electron chi connectivity index (χ2n) is 7.96. The molecule has 1 fully saturated rings. The Bertz CT molecular complexity index is 1210. The molecule has 1 heterocycles. The van der Waals surface area contributed by atoms with Crippen LogP contribution < -0.4 is 9.47 Å². The molecule has 1 aliphatic heterocycles. The fourth-order valence-electron chi connectivity index (χ4n) is 3.65. The second kappa shape index (κ2) is 12.4. The van der Waals surface area contributed by atoms with E-state index in [1.807, 2.05) is 54.6 Å². The average Bonchev–Trinajstić information content (AvgIpc) is 3.33. The fraction of sp³-hybridized carbons (Fsp3) is 0.250. The first-order valence-electron chi connectivity index (χ1n) is 11.7. The first-order valence-corrected chi connectivity index (χ1v) is 11.7. The standard InChI is InChI=1S/C28H27NO8/c1-3-33-27(30)26-25(36-28(31)37-26)21-11-15-23(16-12-21)34-17-19-9-13-22(14-10-19)35-18-24(29-32-2)20-7-5-4-6-8-20/h4-16,25-26H,3,17-18H2,1-2H3/b29-24-. The topological polar surface area (TPSA) is 102 Å². The van der Waals surface area contributed by atoms with Crippen molar-refractivity contribution in [3.8, 4) is 11.5 Å². The number of hydrogen-bond acceptors (Lipinski definition) is 9. The molecule has 37 heavy (non-hydrogen) atoms. The molecule has 0 saturated carbocycles. The van der Waals surface area contributed by atoms with Crippen LogP contribution in [0.25, 0.3) is 0 Å². The summed E-state index contributed by atoms with van der Waals surface area (Å²) in [4.78, 5) is 28.6. The Kier molecular flexibility index (Phi) is 8.59. The molecule has 0 aliphatic carbocycles. The van der Waals surface area contributed by atoms with E-state index < -0.39 is 24.3 Å². The third-order valence-electron chi connectivity index (χ3n) is 5.46. The number of oxime groups is 1. The van der Waals surface area contributed by atoms with E-state index in [0.29, 0.717) is 29.4 Å². The van der Waals surface area contributed by atoms with Gasteiger partial charge in [-0.15, -0.1) is 0 Å². The van der Waals surface area contributed by atoms with Crippen molar-refractivity contribution in [3.05, 3.63) is 95.6 Å². The van der Waals surface area contributed by atoms with Crippen LogP contribution in [0, 0.1) is 0 Å². The lowest BCUT2D eigenvalue weighted by Gasteiger charge is -2.15. The number of esters is 1. The Labute approximate surface area is 214 Å². The maximum atomic E-state index is 12.1. The minimum Gasteiger partial charge on any atom is -0.489 e. The van der Waals surface area contributed by atoms with Gasteiger partial charge in [0.05, 0.1) is 6.61 Å². The number of hydrogen-bond donors (Lipinski definition) is 0. The van der Waals surface area contributed by atoms with E-state index >= 15 is 0 Å². The lowest BCUT2D eigenvalue weighted by molar-refractivity contribution is -0.153. The van der Waals surface area contributed by atoms with Crippen LogP contribution >= 0.6 is 0 Å². The van der Waals surface area contributed by atoms with Crippen molar-refractivity contribution in [2.24, 2.45) is 5.16 Å². The molecule has 2 atom stereocenters. The van der Waals surface area contributed by atoms with Crippen molar-refractivity contribution < 1.29 is 38.1 Å². The van der Waals surface area contributed by atoms with Gasteiger partial charge in [0.2, 0.25) is 6.10 Å². The molecule has 9 nitrogen and oxygen atoms in total. The summed E-state index contributed by atoms with van der Waals surface area (Å²) in [5.74, 6) is 0.663. The number of ether oxygens (including phenoxy) is 5. The lowest BCUT2D eigenvalue weighted by Crippen LogP contribution is -2.28. The third-order valence-corrected chi connectivity index (χ3v) is 5.46. The monoisotopic (exact) mass is 505 g/mol. The number of benzene rings is 3. The van der Waals surface area contributed by atoms with E-state index in [4.69, 9.17) is 28.5 Å². The summed E-state index contributed by atoms with van der Waals surface area (Å²) in [6.45, 7) is 2.46. The average molecular weight is 506 g/mol. The molecule has 0 bridgehead atoms. The molecule has 2 unspecified atom stereocenters. The molecule has 4 rings (SSSR count). The first kappa shape index (κ1) is 25.6. The summed E-state index contributed by atoms with van der Waals surface area (Å²) >= 11 is 0. The number of nitrogens with zero attached hydrogens (tertiary/aromatic N) is 1. The Morgan fingerprint density at radius 1 is 0.892 bits per heavy atom. The van der Waals surface area contributed by atoms with E-state index in [9.17, 15) is 9.59 Å². The van der Waals surface area contributed by atoms with Crippen LogP contribution in [0.4, 0.5) is 4.79 Å². The molecule has 1 saturated heterocycles. The highest BCUT2D eigenvalue weighted by Crippen LogP contribution is 2.32. The molecule has 192 valence electrons. The minimum atomic E-state index is -1.13. The van der Waals surface area contributed by atoms with Crippen LogP contribution in [-0.4, -0.2) is 44.3 Å². The summed E-state index contributed by atoms with van der Waals surface area (Å²) in [5, 5.41) is 4.06. The van der Waals surface area contributed by atoms with E-state index in [1.54, 1.807) is 31.2 Å². The molecule has 9 heteroatoms. The van der Waals surface area contributed by atoms with Gasteiger partial charge in [0.25, 0.3) is 0 Å². The highest BCUT2D eigenvalue weighted by atomic mass is 16.8. The largest absolute Gasteiger partial charge is 0.510 e. The van der Waals surface area contributed by atoms with Crippen molar-refractivity contribution in [1.82, 2.24) is 0 Å². The zero-order valence-corrected chi connectivity index (χ0v) is 20.5. The van der Waals surface area contributed by atoms with Crippen molar-refractivity contribution in [2.45, 2.75) is 25.7 Å². The Hall–Kier alpha value is -4.53. The smallest absolute Gasteiger partial charge is 0.489 e. The molecule has 0 aromatic heterocycles. The van der Waals surface area contributed by atoms with Crippen LogP contribution in [0.1, 0.15) is 29.7 Å². The van der Waals surface area contributed by atoms with Crippen LogP contribution in [0.5, 0.6) is 11.5 Å². The van der Waals surface area contributed by atoms with Crippen LogP contribution in [0.3, 0.4) is 0 Å². The fourth-order valence-corrected chi connectivity index (χ4v) is 3.65. The van der Waals surface area contributed by atoms with Crippen molar-refractivity contribution in [2.75, 3.05) is 20.3 Å².